The van der Waals surface area contributed by atoms with E-state index in [-0.39, 0.29) is 31.1 Å². The molecule has 27 heavy (non-hydrogen) atoms. The van der Waals surface area contributed by atoms with Crippen LogP contribution in [0.3, 0.4) is 0 Å². The zero-order valence-electron chi connectivity index (χ0n) is 18.4. The molecule has 0 amide bonds. The second kappa shape index (κ2) is 10.5. The van der Waals surface area contributed by atoms with Crippen molar-refractivity contribution in [1.82, 2.24) is 5.01 Å². The van der Waals surface area contributed by atoms with Crippen LogP contribution in [0, 0.1) is 16.9 Å². The van der Waals surface area contributed by atoms with Gasteiger partial charge in [0.15, 0.2) is 5.41 Å². The Bertz CT molecular complexity index is 577. The molecular weight excluding hydrogens is 360 g/mol. The summed E-state index contributed by atoms with van der Waals surface area (Å²) < 4.78 is 10.4. The molecule has 0 aromatic heterocycles. The van der Waals surface area contributed by atoms with Gasteiger partial charge in [-0.1, -0.05) is 33.9 Å². The van der Waals surface area contributed by atoms with Crippen LogP contribution < -0.4 is 0 Å². The summed E-state index contributed by atoms with van der Waals surface area (Å²) in [6.07, 6.45) is 1.67. The average molecular weight is 397 g/mol. The number of carbonyl (C=O) groups is 2. The summed E-state index contributed by atoms with van der Waals surface area (Å²) in [5.74, 6) is 1.90. The number of nitrogens with zero attached hydrogens (tertiary/aromatic N) is 2. The number of rotatable bonds is 8. The second-order valence-corrected chi connectivity index (χ2v) is 13.2. The van der Waals surface area contributed by atoms with Crippen molar-refractivity contribution in [3.05, 3.63) is 0 Å². The largest absolute Gasteiger partial charge is 0.465 e. The molecular formula is C20H36N2O4Si. The predicted molar refractivity (Wildman–Crippen MR) is 112 cm³/mol. The van der Waals surface area contributed by atoms with Crippen molar-refractivity contribution in [2.24, 2.45) is 10.5 Å². The van der Waals surface area contributed by atoms with Crippen LogP contribution in [-0.4, -0.2) is 58.5 Å². The summed E-state index contributed by atoms with van der Waals surface area (Å²) in [6.45, 7) is 14.7. The number of ether oxygens (including phenoxy) is 2. The molecule has 0 saturated heterocycles. The number of hydrogen-bond acceptors (Lipinski definition) is 6. The molecule has 0 aliphatic rings. The van der Waals surface area contributed by atoms with Crippen LogP contribution >= 0.6 is 0 Å². The molecule has 0 saturated carbocycles. The van der Waals surface area contributed by atoms with Crippen LogP contribution in [0.2, 0.25) is 18.1 Å². The molecule has 0 rings (SSSR count). The highest BCUT2D eigenvalue weighted by molar-refractivity contribution is 6.87. The molecule has 0 atom stereocenters. The van der Waals surface area contributed by atoms with E-state index in [1.54, 1.807) is 39.2 Å². The molecule has 6 nitrogen and oxygen atoms in total. The molecule has 0 aromatic carbocycles. The number of hydrazone groups is 1. The van der Waals surface area contributed by atoms with E-state index >= 15 is 0 Å². The maximum atomic E-state index is 12.8. The smallest absolute Gasteiger partial charge is 0.324 e. The summed E-state index contributed by atoms with van der Waals surface area (Å²) in [6, 6.07) is 0. The molecule has 0 aliphatic heterocycles. The lowest BCUT2D eigenvalue weighted by atomic mass is 9.81. The minimum atomic E-state index is -1.87. The van der Waals surface area contributed by atoms with Gasteiger partial charge >= 0.3 is 11.9 Å². The Hall–Kier alpha value is -1.81. The van der Waals surface area contributed by atoms with Crippen molar-refractivity contribution in [1.29, 1.82) is 0 Å². The van der Waals surface area contributed by atoms with Crippen LogP contribution in [0.5, 0.6) is 0 Å². The molecule has 0 N–H and O–H groups in total. The molecule has 0 spiro atoms. The Morgan fingerprint density at radius 2 is 1.56 bits per heavy atom. The molecule has 7 heteroatoms. The van der Waals surface area contributed by atoms with Crippen molar-refractivity contribution >= 4 is 26.2 Å². The Balaban J connectivity index is 5.99. The van der Waals surface area contributed by atoms with Crippen LogP contribution in [0.1, 0.15) is 47.5 Å². The van der Waals surface area contributed by atoms with Gasteiger partial charge < -0.3 is 14.5 Å². The first-order valence-corrected chi connectivity index (χ1v) is 12.4. The van der Waals surface area contributed by atoms with E-state index in [1.807, 2.05) is 0 Å². The Labute approximate surface area is 165 Å². The molecule has 0 heterocycles. The molecule has 0 aromatic rings. The maximum Gasteiger partial charge on any atom is 0.324 e. The first-order chi connectivity index (χ1) is 12.3. The fraction of sp³-hybridized carbons (Fsp3) is 0.750. The van der Waals surface area contributed by atoms with Gasteiger partial charge in [0.1, 0.15) is 8.07 Å². The predicted octanol–water partition coefficient (Wildman–Crippen LogP) is 3.48. The molecule has 0 aliphatic carbocycles. The first kappa shape index (κ1) is 25.2. The Morgan fingerprint density at radius 1 is 1.07 bits per heavy atom. The quantitative estimate of drug-likeness (QED) is 0.157. The van der Waals surface area contributed by atoms with Crippen LogP contribution in [0.25, 0.3) is 0 Å². The summed E-state index contributed by atoms with van der Waals surface area (Å²) in [5, 5.41) is 5.83. The van der Waals surface area contributed by atoms with Crippen LogP contribution in [0.4, 0.5) is 0 Å². The van der Waals surface area contributed by atoms with E-state index in [9.17, 15) is 9.59 Å². The van der Waals surface area contributed by atoms with Gasteiger partial charge in [-0.25, -0.2) is 0 Å². The first-order valence-electron chi connectivity index (χ1n) is 9.38. The van der Waals surface area contributed by atoms with Gasteiger partial charge in [0.05, 0.1) is 13.2 Å². The molecule has 0 radical (unpaired) electrons. The van der Waals surface area contributed by atoms with E-state index in [4.69, 9.17) is 9.47 Å². The van der Waals surface area contributed by atoms with Gasteiger partial charge in [0.2, 0.25) is 0 Å². The Kier molecular flexibility index (Phi) is 9.80. The van der Waals surface area contributed by atoms with Crippen LogP contribution in [-0.2, 0) is 19.1 Å². The maximum absolute atomic E-state index is 12.8. The highest BCUT2D eigenvalue weighted by atomic mass is 28.3. The van der Waals surface area contributed by atoms with Crippen molar-refractivity contribution in [3.8, 4) is 11.5 Å². The molecule has 154 valence electrons. The van der Waals surface area contributed by atoms with Gasteiger partial charge in [0.25, 0.3) is 0 Å². The lowest BCUT2D eigenvalue weighted by Crippen LogP contribution is -2.43. The molecule has 0 bridgehead atoms. The standard InChI is InChI=1S/C20H36N2O4Si/c1-10-25-17(23)20(18(24)26-11-2,14-15-21-22(6)7)13-12-16-27(8,9)19(3,4)5/h15H,10-11,13-14H2,1-9H3/b21-15+. The fourth-order valence-electron chi connectivity index (χ4n) is 1.97. The van der Waals surface area contributed by atoms with Gasteiger partial charge in [-0.2, -0.15) is 5.10 Å². The number of esters is 2. The highest BCUT2D eigenvalue weighted by Crippen LogP contribution is 2.36. The minimum absolute atomic E-state index is 0.0522. The Morgan fingerprint density at radius 3 is 1.93 bits per heavy atom. The van der Waals surface area contributed by atoms with Gasteiger partial charge in [0, 0.05) is 33.2 Å². The lowest BCUT2D eigenvalue weighted by Gasteiger charge is -2.32. The topological polar surface area (TPSA) is 68.2 Å². The van der Waals surface area contributed by atoms with Crippen molar-refractivity contribution in [2.45, 2.75) is 65.6 Å². The lowest BCUT2D eigenvalue weighted by molar-refractivity contribution is -0.171. The third-order valence-corrected chi connectivity index (χ3v) is 9.30. The van der Waals surface area contributed by atoms with Crippen molar-refractivity contribution < 1.29 is 19.1 Å². The second-order valence-electron chi connectivity index (χ2n) is 8.23. The van der Waals surface area contributed by atoms with E-state index in [0.29, 0.717) is 0 Å². The van der Waals surface area contributed by atoms with Gasteiger partial charge in [-0.3, -0.25) is 9.59 Å². The van der Waals surface area contributed by atoms with E-state index in [0.717, 1.165) is 0 Å². The van der Waals surface area contributed by atoms with E-state index in [1.165, 1.54) is 0 Å². The minimum Gasteiger partial charge on any atom is -0.465 e. The SMILES string of the molecule is CCOC(=O)C(CC#C[Si](C)(C)C(C)(C)C)(C/C=N/N(C)C)C(=O)OCC. The fourth-order valence-corrected chi connectivity index (χ4v) is 2.87. The summed E-state index contributed by atoms with van der Waals surface area (Å²) in [5.41, 5.74) is 1.87. The zero-order chi connectivity index (χ0) is 21.3. The third kappa shape index (κ3) is 7.37. The van der Waals surface area contributed by atoms with Gasteiger partial charge in [-0.05, 0) is 18.9 Å². The van der Waals surface area contributed by atoms with Crippen LogP contribution in [0.15, 0.2) is 5.10 Å². The zero-order valence-corrected chi connectivity index (χ0v) is 19.4. The monoisotopic (exact) mass is 396 g/mol. The highest BCUT2D eigenvalue weighted by Gasteiger charge is 2.48. The van der Waals surface area contributed by atoms with Gasteiger partial charge in [-0.15, -0.1) is 11.5 Å². The summed E-state index contributed by atoms with van der Waals surface area (Å²) in [7, 11) is 1.67. The van der Waals surface area contributed by atoms with E-state index in [2.05, 4.69) is 50.4 Å². The van der Waals surface area contributed by atoms with Crippen molar-refractivity contribution in [3.63, 3.8) is 0 Å². The summed E-state index contributed by atoms with van der Waals surface area (Å²) >= 11 is 0. The average Bonchev–Trinajstić information content (AvgIpc) is 2.52. The number of hydrogen-bond donors (Lipinski definition) is 0. The molecule has 0 fully saturated rings. The van der Waals surface area contributed by atoms with Crippen molar-refractivity contribution in [2.75, 3.05) is 27.3 Å². The normalized spacial score (nSPS) is 12.3. The molecule has 0 unspecified atom stereocenters. The summed E-state index contributed by atoms with van der Waals surface area (Å²) in [4.78, 5) is 25.5. The van der Waals surface area contributed by atoms with E-state index < -0.39 is 25.4 Å². The third-order valence-electron chi connectivity index (χ3n) is 4.75. The number of carbonyl (C=O) groups excluding carboxylic acids is 2.